The van der Waals surface area contributed by atoms with Crippen LogP contribution in [-0.2, 0) is 9.53 Å². The average molecular weight is 186 g/mol. The van der Waals surface area contributed by atoms with Crippen LogP contribution in [-0.4, -0.2) is 37.7 Å². The van der Waals surface area contributed by atoms with Crippen molar-refractivity contribution < 1.29 is 9.53 Å². The lowest BCUT2D eigenvalue weighted by Gasteiger charge is -2.27. The van der Waals surface area contributed by atoms with E-state index in [1.165, 1.54) is 0 Å². The van der Waals surface area contributed by atoms with Crippen LogP contribution in [0.2, 0.25) is 0 Å². The van der Waals surface area contributed by atoms with Crippen molar-refractivity contribution in [2.45, 2.75) is 32.4 Å². The zero-order chi connectivity index (χ0) is 9.68. The number of amides is 1. The van der Waals surface area contributed by atoms with E-state index in [2.05, 4.69) is 10.6 Å². The number of nitrogens with one attached hydrogen (secondary N) is 2. The molecule has 2 N–H and O–H groups in total. The summed E-state index contributed by atoms with van der Waals surface area (Å²) < 4.78 is 4.96. The Bertz CT molecular complexity index is 169. The van der Waals surface area contributed by atoms with Gasteiger partial charge in [-0.25, -0.2) is 0 Å². The Morgan fingerprint density at radius 1 is 1.62 bits per heavy atom. The first-order valence-corrected chi connectivity index (χ1v) is 4.83. The topological polar surface area (TPSA) is 50.4 Å². The molecular weight excluding hydrogens is 168 g/mol. The quantitative estimate of drug-likeness (QED) is 0.630. The van der Waals surface area contributed by atoms with Crippen LogP contribution in [0.5, 0.6) is 0 Å². The fourth-order valence-corrected chi connectivity index (χ4v) is 1.30. The van der Waals surface area contributed by atoms with Crippen molar-refractivity contribution in [2.75, 3.05) is 19.8 Å². The summed E-state index contributed by atoms with van der Waals surface area (Å²) in [5, 5.41) is 6.10. The van der Waals surface area contributed by atoms with Gasteiger partial charge in [-0.1, -0.05) is 6.92 Å². The Morgan fingerprint density at radius 3 is 2.77 bits per heavy atom. The molecule has 1 fully saturated rings. The first-order valence-electron chi connectivity index (χ1n) is 4.83. The fraction of sp³-hybridized carbons (Fsp3) is 0.889. The maximum Gasteiger partial charge on any atom is 0.221 e. The van der Waals surface area contributed by atoms with Gasteiger partial charge >= 0.3 is 0 Å². The monoisotopic (exact) mass is 186 g/mol. The molecule has 0 spiro atoms. The first-order chi connectivity index (χ1) is 6.22. The van der Waals surface area contributed by atoms with Gasteiger partial charge in [0.25, 0.3) is 0 Å². The molecule has 1 heterocycles. The molecule has 0 aromatic rings. The molecule has 1 aliphatic rings. The normalized spacial score (nSPS) is 19.2. The Hall–Kier alpha value is -0.610. The highest BCUT2D eigenvalue weighted by Gasteiger charge is 2.20. The van der Waals surface area contributed by atoms with Crippen molar-refractivity contribution in [3.63, 3.8) is 0 Å². The van der Waals surface area contributed by atoms with Gasteiger partial charge in [0.1, 0.15) is 0 Å². The number of rotatable bonds is 5. The highest BCUT2D eigenvalue weighted by molar-refractivity contribution is 5.76. The molecule has 1 rings (SSSR count). The molecule has 0 aromatic heterocycles. The molecule has 1 unspecified atom stereocenters. The summed E-state index contributed by atoms with van der Waals surface area (Å²) in [7, 11) is 0. The number of ether oxygens (including phenoxy) is 1. The highest BCUT2D eigenvalue weighted by Crippen LogP contribution is 2.00. The molecule has 76 valence electrons. The summed E-state index contributed by atoms with van der Waals surface area (Å²) in [5.41, 5.74) is 0. The molecule has 1 aliphatic heterocycles. The van der Waals surface area contributed by atoms with Crippen LogP contribution in [0.1, 0.15) is 20.3 Å². The van der Waals surface area contributed by atoms with Crippen molar-refractivity contribution in [1.82, 2.24) is 10.6 Å². The zero-order valence-corrected chi connectivity index (χ0v) is 8.30. The maximum atomic E-state index is 11.3. The molecule has 1 saturated heterocycles. The molecule has 13 heavy (non-hydrogen) atoms. The van der Waals surface area contributed by atoms with Crippen molar-refractivity contribution >= 4 is 5.91 Å². The summed E-state index contributed by atoms with van der Waals surface area (Å²) >= 11 is 0. The van der Waals surface area contributed by atoms with Crippen LogP contribution in [0.3, 0.4) is 0 Å². The minimum absolute atomic E-state index is 0.113. The van der Waals surface area contributed by atoms with Crippen LogP contribution in [0.4, 0.5) is 0 Å². The van der Waals surface area contributed by atoms with Crippen LogP contribution >= 0.6 is 0 Å². The van der Waals surface area contributed by atoms with Gasteiger partial charge in [0, 0.05) is 12.5 Å². The molecule has 1 atom stereocenters. The number of carbonyl (C=O) groups is 1. The van der Waals surface area contributed by atoms with E-state index in [1.807, 2.05) is 13.8 Å². The third-order valence-corrected chi connectivity index (χ3v) is 2.05. The average Bonchev–Trinajstić information content (AvgIpc) is 1.97. The van der Waals surface area contributed by atoms with Gasteiger partial charge in [0.15, 0.2) is 0 Å². The largest absolute Gasteiger partial charge is 0.377 e. The van der Waals surface area contributed by atoms with E-state index < -0.39 is 0 Å². The predicted molar refractivity (Wildman–Crippen MR) is 50.5 cm³/mol. The fourth-order valence-electron chi connectivity index (χ4n) is 1.30. The van der Waals surface area contributed by atoms with Gasteiger partial charge in [-0.3, -0.25) is 4.79 Å². The number of hydrogen-bond acceptors (Lipinski definition) is 3. The SMILES string of the molecule is CCNC(C)CC(=O)NC1COC1. The molecule has 0 aromatic carbocycles. The van der Waals surface area contributed by atoms with Gasteiger partial charge < -0.3 is 15.4 Å². The second kappa shape index (κ2) is 5.19. The summed E-state index contributed by atoms with van der Waals surface area (Å²) in [5.74, 6) is 0.113. The third kappa shape index (κ3) is 3.74. The van der Waals surface area contributed by atoms with Crippen LogP contribution < -0.4 is 10.6 Å². The van der Waals surface area contributed by atoms with Crippen molar-refractivity contribution in [3.8, 4) is 0 Å². The second-order valence-corrected chi connectivity index (χ2v) is 3.46. The smallest absolute Gasteiger partial charge is 0.221 e. The van der Waals surface area contributed by atoms with E-state index in [0.717, 1.165) is 6.54 Å². The molecule has 0 saturated carbocycles. The first kappa shape index (κ1) is 10.5. The lowest BCUT2D eigenvalue weighted by Crippen LogP contribution is -2.49. The minimum atomic E-state index is 0.113. The van der Waals surface area contributed by atoms with Gasteiger partial charge in [0.2, 0.25) is 5.91 Å². The Balaban J connectivity index is 2.08. The lowest BCUT2D eigenvalue weighted by molar-refractivity contribution is -0.125. The predicted octanol–water partition coefficient (Wildman–Crippen LogP) is -0.110. The number of carbonyl (C=O) groups excluding carboxylic acids is 1. The molecule has 4 heteroatoms. The van der Waals surface area contributed by atoms with Gasteiger partial charge in [-0.15, -0.1) is 0 Å². The van der Waals surface area contributed by atoms with Gasteiger partial charge in [-0.05, 0) is 13.5 Å². The molecule has 1 amide bonds. The van der Waals surface area contributed by atoms with Crippen molar-refractivity contribution in [3.05, 3.63) is 0 Å². The van der Waals surface area contributed by atoms with E-state index in [4.69, 9.17) is 4.74 Å². The standard InChI is InChI=1S/C9H18N2O2/c1-3-10-7(2)4-9(12)11-8-5-13-6-8/h7-8,10H,3-6H2,1-2H3,(H,11,12). The van der Waals surface area contributed by atoms with Crippen LogP contribution in [0, 0.1) is 0 Å². The summed E-state index contributed by atoms with van der Waals surface area (Å²) in [4.78, 5) is 11.3. The Kier molecular flexibility index (Phi) is 4.18. The summed E-state index contributed by atoms with van der Waals surface area (Å²) in [6, 6.07) is 0.507. The molecule has 0 aliphatic carbocycles. The summed E-state index contributed by atoms with van der Waals surface area (Å²) in [6.45, 7) is 6.29. The summed E-state index contributed by atoms with van der Waals surface area (Å²) in [6.07, 6.45) is 0.546. The molecule has 0 radical (unpaired) electrons. The van der Waals surface area contributed by atoms with Crippen LogP contribution in [0.15, 0.2) is 0 Å². The zero-order valence-electron chi connectivity index (χ0n) is 8.30. The molecule has 4 nitrogen and oxygen atoms in total. The minimum Gasteiger partial charge on any atom is -0.377 e. The second-order valence-electron chi connectivity index (χ2n) is 3.46. The van der Waals surface area contributed by atoms with E-state index in [9.17, 15) is 4.79 Å². The van der Waals surface area contributed by atoms with E-state index in [0.29, 0.717) is 19.6 Å². The van der Waals surface area contributed by atoms with Gasteiger partial charge in [0.05, 0.1) is 19.3 Å². The van der Waals surface area contributed by atoms with Crippen molar-refractivity contribution in [2.24, 2.45) is 0 Å². The molecular formula is C9H18N2O2. The molecule has 0 bridgehead atoms. The van der Waals surface area contributed by atoms with Gasteiger partial charge in [-0.2, -0.15) is 0 Å². The van der Waals surface area contributed by atoms with Crippen LogP contribution in [0.25, 0.3) is 0 Å². The third-order valence-electron chi connectivity index (χ3n) is 2.05. The number of hydrogen-bond donors (Lipinski definition) is 2. The highest BCUT2D eigenvalue weighted by atomic mass is 16.5. The van der Waals surface area contributed by atoms with E-state index in [-0.39, 0.29) is 18.0 Å². The Labute approximate surface area is 79.0 Å². The maximum absolute atomic E-state index is 11.3. The van der Waals surface area contributed by atoms with Crippen molar-refractivity contribution in [1.29, 1.82) is 0 Å². The lowest BCUT2D eigenvalue weighted by atomic mass is 10.2. The Morgan fingerprint density at radius 2 is 2.31 bits per heavy atom. The van der Waals surface area contributed by atoms with E-state index >= 15 is 0 Å². The van der Waals surface area contributed by atoms with E-state index in [1.54, 1.807) is 0 Å².